The molecule has 2 rings (SSSR count). The van der Waals surface area contributed by atoms with Crippen LogP contribution in [0, 0.1) is 20.8 Å². The zero-order valence-corrected chi connectivity index (χ0v) is 22.9. The zero-order chi connectivity index (χ0) is 27.0. The van der Waals surface area contributed by atoms with Gasteiger partial charge in [-0.25, -0.2) is 4.79 Å². The fourth-order valence-electron chi connectivity index (χ4n) is 4.04. The Morgan fingerprint density at radius 1 is 1.00 bits per heavy atom. The second kappa shape index (κ2) is 12.6. The number of nitrogens with zero attached hydrogens (tertiary/aromatic N) is 1. The number of aryl methyl sites for hydroxylation is 3. The average Bonchev–Trinajstić information content (AvgIpc) is 2.75. The lowest BCUT2D eigenvalue weighted by molar-refractivity contribution is -0.140. The van der Waals surface area contributed by atoms with E-state index in [2.05, 4.69) is 10.6 Å². The highest BCUT2D eigenvalue weighted by molar-refractivity contribution is 5.99. The van der Waals surface area contributed by atoms with E-state index in [4.69, 9.17) is 4.74 Å². The Hall–Kier alpha value is -3.35. The van der Waals surface area contributed by atoms with Crippen molar-refractivity contribution in [2.24, 2.45) is 0 Å². The SMILES string of the molecule is CCCCN(C(=O)C(C)NC(=O)OC(C)(C)C)C(C(=O)Nc1ccccc1C)c1cc(C)cc(C)c1. The highest BCUT2D eigenvalue weighted by atomic mass is 16.6. The number of carbonyl (C=O) groups excluding carboxylic acids is 3. The number of amides is 3. The molecule has 0 aliphatic carbocycles. The molecule has 0 saturated heterocycles. The first kappa shape index (κ1) is 28.9. The smallest absolute Gasteiger partial charge is 0.408 e. The van der Waals surface area contributed by atoms with Crippen molar-refractivity contribution in [3.05, 3.63) is 64.7 Å². The highest BCUT2D eigenvalue weighted by Crippen LogP contribution is 2.27. The summed E-state index contributed by atoms with van der Waals surface area (Å²) in [4.78, 5) is 41.5. The predicted octanol–water partition coefficient (Wildman–Crippen LogP) is 5.83. The van der Waals surface area contributed by atoms with Crippen LogP contribution in [0.15, 0.2) is 42.5 Å². The lowest BCUT2D eigenvalue weighted by Gasteiger charge is -2.34. The molecule has 2 aromatic carbocycles. The summed E-state index contributed by atoms with van der Waals surface area (Å²) in [6.07, 6.45) is 0.881. The molecule has 2 unspecified atom stereocenters. The van der Waals surface area contributed by atoms with Gasteiger partial charge >= 0.3 is 6.09 Å². The van der Waals surface area contributed by atoms with Gasteiger partial charge in [-0.05, 0) is 72.1 Å². The minimum absolute atomic E-state index is 0.303. The second-order valence-electron chi connectivity index (χ2n) is 10.4. The molecule has 7 heteroatoms. The van der Waals surface area contributed by atoms with Gasteiger partial charge in [0.15, 0.2) is 0 Å². The van der Waals surface area contributed by atoms with Crippen LogP contribution in [0.1, 0.15) is 75.8 Å². The monoisotopic (exact) mass is 495 g/mol. The fraction of sp³-hybridized carbons (Fsp3) is 0.483. The Morgan fingerprint density at radius 2 is 1.61 bits per heavy atom. The first-order valence-electron chi connectivity index (χ1n) is 12.6. The number of anilines is 1. The third-order valence-corrected chi connectivity index (χ3v) is 5.66. The summed E-state index contributed by atoms with van der Waals surface area (Å²) < 4.78 is 5.34. The summed E-state index contributed by atoms with van der Waals surface area (Å²) in [5.41, 5.74) is 3.66. The van der Waals surface area contributed by atoms with Crippen molar-refractivity contribution in [1.29, 1.82) is 0 Å². The maximum atomic E-state index is 13.8. The molecular formula is C29H41N3O4. The standard InChI is InChI=1S/C29H41N3O4/c1-9-10-15-32(27(34)22(5)30-28(35)36-29(6,7)8)25(23-17-19(2)16-20(3)18-23)26(33)31-24-14-12-11-13-21(24)4/h11-14,16-18,22,25H,9-10,15H2,1-8H3,(H,30,35)(H,31,33). The number of hydrogen-bond acceptors (Lipinski definition) is 4. The minimum Gasteiger partial charge on any atom is -0.444 e. The van der Waals surface area contributed by atoms with Crippen LogP contribution in [-0.4, -0.2) is 41.0 Å². The van der Waals surface area contributed by atoms with E-state index in [1.807, 2.05) is 70.2 Å². The molecule has 0 bridgehead atoms. The number of hydrogen-bond donors (Lipinski definition) is 2. The molecule has 0 saturated carbocycles. The zero-order valence-electron chi connectivity index (χ0n) is 22.9. The van der Waals surface area contributed by atoms with Gasteiger partial charge < -0.3 is 20.3 Å². The van der Waals surface area contributed by atoms with Crippen LogP contribution in [-0.2, 0) is 14.3 Å². The largest absolute Gasteiger partial charge is 0.444 e. The van der Waals surface area contributed by atoms with Crippen molar-refractivity contribution < 1.29 is 19.1 Å². The van der Waals surface area contributed by atoms with Crippen LogP contribution in [0.5, 0.6) is 0 Å². The molecule has 0 fully saturated rings. The van der Waals surface area contributed by atoms with E-state index in [0.717, 1.165) is 28.7 Å². The van der Waals surface area contributed by atoms with Crippen molar-refractivity contribution in [3.63, 3.8) is 0 Å². The number of benzene rings is 2. The summed E-state index contributed by atoms with van der Waals surface area (Å²) in [5.74, 6) is -0.651. The maximum Gasteiger partial charge on any atom is 0.408 e. The first-order valence-corrected chi connectivity index (χ1v) is 12.6. The first-order chi connectivity index (χ1) is 16.8. The van der Waals surface area contributed by atoms with Crippen molar-refractivity contribution in [2.45, 2.75) is 85.9 Å². The number of rotatable bonds is 9. The summed E-state index contributed by atoms with van der Waals surface area (Å²) in [6.45, 7) is 15.2. The second-order valence-corrected chi connectivity index (χ2v) is 10.4. The van der Waals surface area contributed by atoms with Gasteiger partial charge in [-0.1, -0.05) is 60.9 Å². The van der Waals surface area contributed by atoms with E-state index in [-0.39, 0.29) is 11.8 Å². The topological polar surface area (TPSA) is 87.7 Å². The van der Waals surface area contributed by atoms with Gasteiger partial charge in [-0.2, -0.15) is 0 Å². The quantitative estimate of drug-likeness (QED) is 0.458. The Labute approximate surface area is 215 Å². The van der Waals surface area contributed by atoms with E-state index in [1.165, 1.54) is 0 Å². The van der Waals surface area contributed by atoms with Crippen LogP contribution < -0.4 is 10.6 Å². The van der Waals surface area contributed by atoms with E-state index in [1.54, 1.807) is 32.6 Å². The van der Waals surface area contributed by atoms with Crippen LogP contribution in [0.2, 0.25) is 0 Å². The number of alkyl carbamates (subject to hydrolysis) is 1. The number of carbonyl (C=O) groups is 3. The van der Waals surface area contributed by atoms with Crippen molar-refractivity contribution in [3.8, 4) is 0 Å². The summed E-state index contributed by atoms with van der Waals surface area (Å²) >= 11 is 0. The number of para-hydroxylation sites is 1. The Balaban J connectivity index is 2.47. The highest BCUT2D eigenvalue weighted by Gasteiger charge is 2.35. The number of ether oxygens (including phenoxy) is 1. The van der Waals surface area contributed by atoms with Crippen molar-refractivity contribution >= 4 is 23.6 Å². The lowest BCUT2D eigenvalue weighted by Crippen LogP contribution is -2.51. The number of unbranched alkanes of at least 4 members (excludes halogenated alkanes) is 1. The molecule has 2 N–H and O–H groups in total. The molecule has 0 spiro atoms. The van der Waals surface area contributed by atoms with E-state index >= 15 is 0 Å². The van der Waals surface area contributed by atoms with E-state index in [0.29, 0.717) is 18.7 Å². The van der Waals surface area contributed by atoms with Gasteiger partial charge in [0.05, 0.1) is 0 Å². The maximum absolute atomic E-state index is 13.8. The average molecular weight is 496 g/mol. The van der Waals surface area contributed by atoms with Gasteiger partial charge in [-0.3, -0.25) is 9.59 Å². The molecule has 0 aliphatic rings. The van der Waals surface area contributed by atoms with Gasteiger partial charge in [-0.15, -0.1) is 0 Å². The molecule has 0 aromatic heterocycles. The molecule has 0 aliphatic heterocycles. The lowest BCUT2D eigenvalue weighted by atomic mass is 9.98. The predicted molar refractivity (Wildman–Crippen MR) is 144 cm³/mol. The fourth-order valence-corrected chi connectivity index (χ4v) is 4.04. The molecule has 3 amide bonds. The Kier molecular flexibility index (Phi) is 10.1. The van der Waals surface area contributed by atoms with Crippen molar-refractivity contribution in [1.82, 2.24) is 10.2 Å². The van der Waals surface area contributed by atoms with Crippen molar-refractivity contribution in [2.75, 3.05) is 11.9 Å². The van der Waals surface area contributed by atoms with Gasteiger partial charge in [0.1, 0.15) is 17.7 Å². The molecule has 2 atom stereocenters. The summed E-state index contributed by atoms with van der Waals surface area (Å²) in [6, 6.07) is 11.7. The van der Waals surface area contributed by atoms with Crippen LogP contribution >= 0.6 is 0 Å². The minimum atomic E-state index is -0.878. The Bertz CT molecular complexity index is 1050. The summed E-state index contributed by atoms with van der Waals surface area (Å²) in [5, 5.41) is 5.66. The van der Waals surface area contributed by atoms with Gasteiger partial charge in [0, 0.05) is 12.2 Å². The third kappa shape index (κ3) is 8.40. The van der Waals surface area contributed by atoms with Crippen LogP contribution in [0.4, 0.5) is 10.5 Å². The molecule has 7 nitrogen and oxygen atoms in total. The molecule has 0 heterocycles. The summed E-state index contributed by atoms with van der Waals surface area (Å²) in [7, 11) is 0. The van der Waals surface area contributed by atoms with Gasteiger partial charge in [0.25, 0.3) is 5.91 Å². The molecule has 0 radical (unpaired) electrons. The third-order valence-electron chi connectivity index (χ3n) is 5.66. The van der Waals surface area contributed by atoms with E-state index < -0.39 is 23.8 Å². The molecule has 196 valence electrons. The molecular weight excluding hydrogens is 454 g/mol. The number of nitrogens with one attached hydrogen (secondary N) is 2. The molecule has 36 heavy (non-hydrogen) atoms. The normalized spacial score (nSPS) is 12.9. The Morgan fingerprint density at radius 3 is 2.17 bits per heavy atom. The molecule has 2 aromatic rings. The van der Waals surface area contributed by atoms with Crippen LogP contribution in [0.3, 0.4) is 0 Å². The van der Waals surface area contributed by atoms with Gasteiger partial charge in [0.2, 0.25) is 5.91 Å². The van der Waals surface area contributed by atoms with Crippen LogP contribution in [0.25, 0.3) is 0 Å². The van der Waals surface area contributed by atoms with E-state index in [9.17, 15) is 14.4 Å².